The second-order valence-corrected chi connectivity index (χ2v) is 3.25. The van der Waals surface area contributed by atoms with Gasteiger partial charge in [-0.15, -0.1) is 0 Å². The van der Waals surface area contributed by atoms with Crippen LogP contribution in [0.5, 0.6) is 0 Å². The lowest BCUT2D eigenvalue weighted by Gasteiger charge is -2.14. The SMILES string of the molecule is CCOCC(CO)OP(=O)(O)O. The highest BCUT2D eigenvalue weighted by Crippen LogP contribution is 2.37. The third-order valence-electron chi connectivity index (χ3n) is 0.998. The third-order valence-corrected chi connectivity index (χ3v) is 1.57. The first kappa shape index (κ1) is 12.0. The van der Waals surface area contributed by atoms with Crippen LogP contribution in [0.1, 0.15) is 6.92 Å². The second-order valence-electron chi connectivity index (χ2n) is 2.06. The van der Waals surface area contributed by atoms with E-state index in [9.17, 15) is 4.57 Å². The van der Waals surface area contributed by atoms with Crippen LogP contribution in [0.25, 0.3) is 0 Å². The smallest absolute Gasteiger partial charge is 0.394 e. The van der Waals surface area contributed by atoms with Gasteiger partial charge in [-0.05, 0) is 6.92 Å². The van der Waals surface area contributed by atoms with Crippen LogP contribution in [-0.4, -0.2) is 40.8 Å². The van der Waals surface area contributed by atoms with Crippen molar-refractivity contribution in [2.75, 3.05) is 19.8 Å². The maximum atomic E-state index is 10.3. The number of hydrogen-bond acceptors (Lipinski definition) is 4. The standard InChI is InChI=1S/C5H13O6P/c1-2-10-4-5(3-6)11-12(7,8)9/h5-6H,2-4H2,1H3,(H2,7,8,9). The van der Waals surface area contributed by atoms with Crippen LogP contribution in [0.3, 0.4) is 0 Å². The van der Waals surface area contributed by atoms with Gasteiger partial charge < -0.3 is 19.6 Å². The first-order valence-electron chi connectivity index (χ1n) is 3.42. The van der Waals surface area contributed by atoms with E-state index in [0.717, 1.165) is 0 Å². The average Bonchev–Trinajstić information content (AvgIpc) is 1.95. The van der Waals surface area contributed by atoms with E-state index < -0.39 is 20.5 Å². The van der Waals surface area contributed by atoms with Crippen molar-refractivity contribution in [2.45, 2.75) is 13.0 Å². The second kappa shape index (κ2) is 5.64. The van der Waals surface area contributed by atoms with Crippen molar-refractivity contribution in [1.82, 2.24) is 0 Å². The van der Waals surface area contributed by atoms with Crippen LogP contribution in [0.15, 0.2) is 0 Å². The molecular formula is C5H13O6P. The quantitative estimate of drug-likeness (QED) is 0.500. The summed E-state index contributed by atoms with van der Waals surface area (Å²) < 4.78 is 19.3. The van der Waals surface area contributed by atoms with Crippen molar-refractivity contribution in [3.63, 3.8) is 0 Å². The molecule has 12 heavy (non-hydrogen) atoms. The number of phosphoric acid groups is 1. The minimum Gasteiger partial charge on any atom is -0.394 e. The monoisotopic (exact) mass is 200 g/mol. The van der Waals surface area contributed by atoms with Gasteiger partial charge in [0.2, 0.25) is 0 Å². The molecule has 1 atom stereocenters. The molecule has 0 spiro atoms. The number of aliphatic hydroxyl groups is 1. The van der Waals surface area contributed by atoms with E-state index in [1.54, 1.807) is 6.92 Å². The Morgan fingerprint density at radius 3 is 2.42 bits per heavy atom. The van der Waals surface area contributed by atoms with Crippen molar-refractivity contribution in [3.8, 4) is 0 Å². The summed E-state index contributed by atoms with van der Waals surface area (Å²) in [6.45, 7) is 1.62. The van der Waals surface area contributed by atoms with Crippen LogP contribution < -0.4 is 0 Å². The Hall–Kier alpha value is 0.0300. The fraction of sp³-hybridized carbons (Fsp3) is 1.00. The number of hydrogen-bond donors (Lipinski definition) is 3. The summed E-state index contributed by atoms with van der Waals surface area (Å²) in [5.41, 5.74) is 0. The molecule has 0 heterocycles. The molecule has 0 aromatic carbocycles. The Balaban J connectivity index is 3.75. The van der Waals surface area contributed by atoms with E-state index in [0.29, 0.717) is 6.61 Å². The molecule has 0 saturated heterocycles. The van der Waals surface area contributed by atoms with Crippen molar-refractivity contribution in [2.24, 2.45) is 0 Å². The molecule has 0 fully saturated rings. The van der Waals surface area contributed by atoms with E-state index in [1.807, 2.05) is 0 Å². The van der Waals surface area contributed by atoms with Crippen LogP contribution in [-0.2, 0) is 13.8 Å². The Morgan fingerprint density at radius 1 is 1.50 bits per heavy atom. The highest BCUT2D eigenvalue weighted by molar-refractivity contribution is 7.46. The van der Waals surface area contributed by atoms with Crippen molar-refractivity contribution >= 4 is 7.82 Å². The zero-order valence-corrected chi connectivity index (χ0v) is 7.61. The molecule has 0 aromatic rings. The molecule has 0 aromatic heterocycles. The normalized spacial score (nSPS) is 14.7. The zero-order chi connectivity index (χ0) is 9.61. The van der Waals surface area contributed by atoms with Crippen molar-refractivity contribution in [3.05, 3.63) is 0 Å². The first-order valence-corrected chi connectivity index (χ1v) is 4.95. The maximum Gasteiger partial charge on any atom is 0.470 e. The van der Waals surface area contributed by atoms with Crippen LogP contribution in [0.4, 0.5) is 0 Å². The Bertz CT molecular complexity index is 154. The largest absolute Gasteiger partial charge is 0.470 e. The molecule has 0 aliphatic carbocycles. The van der Waals surface area contributed by atoms with Gasteiger partial charge in [0.15, 0.2) is 0 Å². The highest BCUT2D eigenvalue weighted by Gasteiger charge is 2.21. The molecule has 0 radical (unpaired) electrons. The number of ether oxygens (including phenoxy) is 1. The molecule has 0 rings (SSSR count). The summed E-state index contributed by atoms with van der Waals surface area (Å²) in [4.78, 5) is 16.7. The summed E-state index contributed by atoms with van der Waals surface area (Å²) in [7, 11) is -4.52. The molecule has 0 saturated carbocycles. The van der Waals surface area contributed by atoms with Gasteiger partial charge in [-0.3, -0.25) is 4.52 Å². The number of rotatable bonds is 6. The van der Waals surface area contributed by atoms with Gasteiger partial charge in [-0.2, -0.15) is 0 Å². The van der Waals surface area contributed by atoms with Gasteiger partial charge in [0, 0.05) is 6.61 Å². The van der Waals surface area contributed by atoms with Gasteiger partial charge >= 0.3 is 7.82 Å². The predicted molar refractivity (Wildman–Crippen MR) is 40.5 cm³/mol. The Kier molecular flexibility index (Phi) is 5.65. The lowest BCUT2D eigenvalue weighted by molar-refractivity contribution is 0.00878. The molecule has 0 amide bonds. The predicted octanol–water partition coefficient (Wildman–Crippen LogP) is -0.507. The third kappa shape index (κ3) is 6.72. The van der Waals surface area contributed by atoms with E-state index in [-0.39, 0.29) is 6.61 Å². The van der Waals surface area contributed by atoms with E-state index >= 15 is 0 Å². The van der Waals surface area contributed by atoms with Crippen molar-refractivity contribution < 1.29 is 28.7 Å². The summed E-state index contributed by atoms with van der Waals surface area (Å²) in [6, 6.07) is 0. The van der Waals surface area contributed by atoms with Gasteiger partial charge in [-0.25, -0.2) is 4.57 Å². The fourth-order valence-corrected chi connectivity index (χ4v) is 1.08. The van der Waals surface area contributed by atoms with Gasteiger partial charge in [0.1, 0.15) is 6.10 Å². The minimum atomic E-state index is -4.52. The van der Waals surface area contributed by atoms with Crippen LogP contribution in [0.2, 0.25) is 0 Å². The van der Waals surface area contributed by atoms with Gasteiger partial charge in [0.25, 0.3) is 0 Å². The summed E-state index contributed by atoms with van der Waals surface area (Å²) in [5.74, 6) is 0. The molecule has 0 aliphatic heterocycles. The Labute approximate surface area is 70.4 Å². The summed E-state index contributed by atoms with van der Waals surface area (Å²) in [5, 5.41) is 8.57. The zero-order valence-electron chi connectivity index (χ0n) is 6.71. The molecule has 0 bridgehead atoms. The highest BCUT2D eigenvalue weighted by atomic mass is 31.2. The van der Waals surface area contributed by atoms with Crippen LogP contribution in [0, 0.1) is 0 Å². The minimum absolute atomic E-state index is 0.0297. The number of phosphoric ester groups is 1. The lowest BCUT2D eigenvalue weighted by atomic mass is 10.4. The van der Waals surface area contributed by atoms with E-state index in [2.05, 4.69) is 4.52 Å². The maximum absolute atomic E-state index is 10.3. The lowest BCUT2D eigenvalue weighted by Crippen LogP contribution is -2.22. The molecule has 6 nitrogen and oxygen atoms in total. The van der Waals surface area contributed by atoms with E-state index in [1.165, 1.54) is 0 Å². The van der Waals surface area contributed by atoms with Crippen LogP contribution >= 0.6 is 7.82 Å². The Morgan fingerprint density at radius 2 is 2.08 bits per heavy atom. The molecule has 1 unspecified atom stereocenters. The molecule has 7 heteroatoms. The molecular weight excluding hydrogens is 187 g/mol. The first-order chi connectivity index (χ1) is 5.49. The summed E-state index contributed by atoms with van der Waals surface area (Å²) >= 11 is 0. The van der Waals surface area contributed by atoms with Crippen molar-refractivity contribution in [1.29, 1.82) is 0 Å². The van der Waals surface area contributed by atoms with Gasteiger partial charge in [0.05, 0.1) is 13.2 Å². The average molecular weight is 200 g/mol. The molecule has 0 aliphatic rings. The van der Waals surface area contributed by atoms with E-state index in [4.69, 9.17) is 19.6 Å². The fourth-order valence-electron chi connectivity index (χ4n) is 0.560. The summed E-state index contributed by atoms with van der Waals surface area (Å²) in [6.07, 6.45) is -0.967. The topological polar surface area (TPSA) is 96.2 Å². The van der Waals surface area contributed by atoms with Gasteiger partial charge in [-0.1, -0.05) is 0 Å². The number of aliphatic hydroxyl groups excluding tert-OH is 1. The molecule has 74 valence electrons. The molecule has 3 N–H and O–H groups in total.